The quantitative estimate of drug-likeness (QED) is 0.798. The van der Waals surface area contributed by atoms with E-state index in [9.17, 15) is 9.59 Å². The Bertz CT molecular complexity index is 901. The fraction of sp³-hybridized carbons (Fsp3) is 0.440. The molecule has 2 aliphatic heterocycles. The van der Waals surface area contributed by atoms with E-state index in [1.807, 2.05) is 42.5 Å². The molecule has 0 radical (unpaired) electrons. The molecule has 4 rings (SSSR count). The van der Waals surface area contributed by atoms with Crippen molar-refractivity contribution in [2.45, 2.75) is 39.5 Å². The summed E-state index contributed by atoms with van der Waals surface area (Å²) in [6, 6.07) is 16.1. The number of hydrogen-bond acceptors (Lipinski definition) is 3. The molecule has 2 aromatic carbocycles. The third-order valence-corrected chi connectivity index (χ3v) is 6.44. The van der Waals surface area contributed by atoms with E-state index in [-0.39, 0.29) is 24.2 Å². The fourth-order valence-corrected chi connectivity index (χ4v) is 4.38. The van der Waals surface area contributed by atoms with Gasteiger partial charge in [0.1, 0.15) is 0 Å². The van der Waals surface area contributed by atoms with Gasteiger partial charge in [0.2, 0.25) is 11.8 Å². The van der Waals surface area contributed by atoms with E-state index < -0.39 is 0 Å². The van der Waals surface area contributed by atoms with E-state index in [1.165, 1.54) is 18.4 Å². The lowest BCUT2D eigenvalue weighted by atomic mass is 9.98. The van der Waals surface area contributed by atoms with Gasteiger partial charge in [-0.05, 0) is 55.0 Å². The van der Waals surface area contributed by atoms with Crippen molar-refractivity contribution in [1.29, 1.82) is 0 Å². The van der Waals surface area contributed by atoms with Gasteiger partial charge < -0.3 is 15.1 Å². The second-order valence-electron chi connectivity index (χ2n) is 8.60. The molecule has 2 aromatic rings. The van der Waals surface area contributed by atoms with Crippen LogP contribution in [0.15, 0.2) is 48.5 Å². The van der Waals surface area contributed by atoms with Gasteiger partial charge in [-0.15, -0.1) is 0 Å². The summed E-state index contributed by atoms with van der Waals surface area (Å²) in [7, 11) is 0. The highest BCUT2D eigenvalue weighted by molar-refractivity contribution is 6.04. The molecule has 0 unspecified atom stereocenters. The van der Waals surface area contributed by atoms with Crippen LogP contribution in [0.4, 0.5) is 17.1 Å². The summed E-state index contributed by atoms with van der Waals surface area (Å²) < 4.78 is 0. The first kappa shape index (κ1) is 20.5. The van der Waals surface area contributed by atoms with Crippen molar-refractivity contribution in [3.63, 3.8) is 0 Å². The standard InChI is InChI=1S/C25H31N3O2/c1-3-19-8-10-21(11-9-19)28-17-20(16-24(28)29)25(30)26-22-6-4-5-7-23(22)27-14-12-18(2)13-15-27/h4-11,18,20H,3,12-17H2,1-2H3,(H,26,30)/t20-/m1/s1. The molecule has 2 saturated heterocycles. The van der Waals surface area contributed by atoms with Crippen LogP contribution in [0.5, 0.6) is 0 Å². The minimum atomic E-state index is -0.335. The first-order valence-corrected chi connectivity index (χ1v) is 11.1. The van der Waals surface area contributed by atoms with Crippen LogP contribution in [0.1, 0.15) is 38.7 Å². The first-order chi connectivity index (χ1) is 14.5. The molecule has 1 atom stereocenters. The maximum atomic E-state index is 13.0. The van der Waals surface area contributed by atoms with Crippen molar-refractivity contribution in [1.82, 2.24) is 0 Å². The highest BCUT2D eigenvalue weighted by Gasteiger charge is 2.35. The number of carbonyl (C=O) groups is 2. The van der Waals surface area contributed by atoms with Crippen LogP contribution in [0.25, 0.3) is 0 Å². The Morgan fingerprint density at radius 1 is 1.07 bits per heavy atom. The Morgan fingerprint density at radius 3 is 2.47 bits per heavy atom. The second-order valence-corrected chi connectivity index (χ2v) is 8.60. The van der Waals surface area contributed by atoms with Crippen LogP contribution in [0.2, 0.25) is 0 Å². The van der Waals surface area contributed by atoms with Crippen molar-refractivity contribution in [2.75, 3.05) is 34.8 Å². The molecule has 158 valence electrons. The zero-order chi connectivity index (χ0) is 21.1. The van der Waals surface area contributed by atoms with E-state index in [4.69, 9.17) is 0 Å². The van der Waals surface area contributed by atoms with Gasteiger partial charge in [0.15, 0.2) is 0 Å². The predicted molar refractivity (Wildman–Crippen MR) is 122 cm³/mol. The molecule has 2 amide bonds. The largest absolute Gasteiger partial charge is 0.370 e. The zero-order valence-corrected chi connectivity index (χ0v) is 17.9. The number of nitrogens with one attached hydrogen (secondary N) is 1. The number of nitrogens with zero attached hydrogens (tertiary/aromatic N) is 2. The predicted octanol–water partition coefficient (Wildman–Crippen LogP) is 4.48. The lowest BCUT2D eigenvalue weighted by Gasteiger charge is -2.33. The van der Waals surface area contributed by atoms with E-state index in [0.29, 0.717) is 6.54 Å². The third kappa shape index (κ3) is 4.35. The second kappa shape index (κ2) is 8.90. The van der Waals surface area contributed by atoms with E-state index >= 15 is 0 Å². The van der Waals surface area contributed by atoms with Gasteiger partial charge in [-0.3, -0.25) is 9.59 Å². The van der Waals surface area contributed by atoms with Crippen molar-refractivity contribution in [3.8, 4) is 0 Å². The van der Waals surface area contributed by atoms with Gasteiger partial charge >= 0.3 is 0 Å². The molecule has 2 heterocycles. The number of amides is 2. The fourth-order valence-electron chi connectivity index (χ4n) is 4.38. The van der Waals surface area contributed by atoms with Gasteiger partial charge in [0, 0.05) is 31.7 Å². The Kier molecular flexibility index (Phi) is 6.07. The van der Waals surface area contributed by atoms with E-state index in [0.717, 1.165) is 42.5 Å². The van der Waals surface area contributed by atoms with Crippen LogP contribution in [0.3, 0.4) is 0 Å². The summed E-state index contributed by atoms with van der Waals surface area (Å²) in [5.74, 6) is 0.356. The molecule has 0 bridgehead atoms. The first-order valence-electron chi connectivity index (χ1n) is 11.1. The molecule has 30 heavy (non-hydrogen) atoms. The summed E-state index contributed by atoms with van der Waals surface area (Å²) in [4.78, 5) is 29.7. The van der Waals surface area contributed by atoms with Crippen molar-refractivity contribution < 1.29 is 9.59 Å². The normalized spacial score (nSPS) is 19.9. The van der Waals surface area contributed by atoms with E-state index in [1.54, 1.807) is 4.90 Å². The lowest BCUT2D eigenvalue weighted by Crippen LogP contribution is -2.34. The summed E-state index contributed by atoms with van der Waals surface area (Å²) in [6.07, 6.45) is 3.57. The Labute approximate surface area is 179 Å². The van der Waals surface area contributed by atoms with Gasteiger partial charge in [0.25, 0.3) is 0 Å². The SMILES string of the molecule is CCc1ccc(N2C[C@H](C(=O)Nc3ccccc3N3CCC(C)CC3)CC2=O)cc1. The summed E-state index contributed by atoms with van der Waals surface area (Å²) in [5, 5.41) is 3.11. The van der Waals surface area contributed by atoms with Crippen LogP contribution in [-0.2, 0) is 16.0 Å². The minimum Gasteiger partial charge on any atom is -0.370 e. The zero-order valence-electron chi connectivity index (χ0n) is 17.9. The van der Waals surface area contributed by atoms with Crippen LogP contribution in [0, 0.1) is 11.8 Å². The number of piperidine rings is 1. The lowest BCUT2D eigenvalue weighted by molar-refractivity contribution is -0.122. The average molecular weight is 406 g/mol. The molecular formula is C25H31N3O2. The number of para-hydroxylation sites is 2. The topological polar surface area (TPSA) is 52.7 Å². The summed E-state index contributed by atoms with van der Waals surface area (Å²) in [5.41, 5.74) is 4.03. The highest BCUT2D eigenvalue weighted by Crippen LogP contribution is 2.31. The van der Waals surface area contributed by atoms with Crippen molar-refractivity contribution >= 4 is 28.9 Å². The van der Waals surface area contributed by atoms with Gasteiger partial charge in [0.05, 0.1) is 17.3 Å². The number of rotatable bonds is 5. The van der Waals surface area contributed by atoms with Crippen LogP contribution < -0.4 is 15.1 Å². The number of anilines is 3. The number of carbonyl (C=O) groups excluding carboxylic acids is 2. The van der Waals surface area contributed by atoms with Crippen LogP contribution >= 0.6 is 0 Å². The van der Waals surface area contributed by atoms with Gasteiger partial charge in [-0.2, -0.15) is 0 Å². The maximum absolute atomic E-state index is 13.0. The Morgan fingerprint density at radius 2 is 1.77 bits per heavy atom. The highest BCUT2D eigenvalue weighted by atomic mass is 16.2. The molecule has 5 nitrogen and oxygen atoms in total. The number of hydrogen-bond donors (Lipinski definition) is 1. The molecule has 2 fully saturated rings. The number of aryl methyl sites for hydroxylation is 1. The molecule has 0 saturated carbocycles. The smallest absolute Gasteiger partial charge is 0.229 e. The van der Waals surface area contributed by atoms with Crippen molar-refractivity contribution in [2.24, 2.45) is 11.8 Å². The maximum Gasteiger partial charge on any atom is 0.229 e. The van der Waals surface area contributed by atoms with E-state index in [2.05, 4.69) is 30.1 Å². The molecule has 0 aromatic heterocycles. The van der Waals surface area contributed by atoms with Crippen molar-refractivity contribution in [3.05, 3.63) is 54.1 Å². The third-order valence-electron chi connectivity index (χ3n) is 6.44. The molecule has 1 N–H and O–H groups in total. The molecule has 0 aliphatic carbocycles. The Balaban J connectivity index is 1.44. The average Bonchev–Trinajstić information content (AvgIpc) is 3.17. The minimum absolute atomic E-state index is 0.0118. The molecular weight excluding hydrogens is 374 g/mol. The monoisotopic (exact) mass is 405 g/mol. The van der Waals surface area contributed by atoms with Gasteiger partial charge in [-0.1, -0.05) is 38.1 Å². The van der Waals surface area contributed by atoms with Gasteiger partial charge in [-0.25, -0.2) is 0 Å². The number of benzene rings is 2. The molecule has 0 spiro atoms. The Hall–Kier alpha value is -2.82. The summed E-state index contributed by atoms with van der Waals surface area (Å²) >= 11 is 0. The van der Waals surface area contributed by atoms with Crippen LogP contribution in [-0.4, -0.2) is 31.4 Å². The molecule has 2 aliphatic rings. The summed E-state index contributed by atoms with van der Waals surface area (Å²) in [6.45, 7) is 6.86. The molecule has 5 heteroatoms.